The van der Waals surface area contributed by atoms with Crippen molar-refractivity contribution in [1.29, 1.82) is 0 Å². The number of benzene rings is 1. The Morgan fingerprint density at radius 2 is 2.04 bits per heavy atom. The Kier molecular flexibility index (Phi) is 6.19. The van der Waals surface area contributed by atoms with E-state index in [1.165, 1.54) is 7.05 Å². The van der Waals surface area contributed by atoms with Crippen molar-refractivity contribution in [2.24, 2.45) is 0 Å². The number of hydrogen-bond acceptors (Lipinski definition) is 9. The summed E-state index contributed by atoms with van der Waals surface area (Å²) in [5.41, 5.74) is 0.376. The molecule has 1 aromatic carbocycles. The van der Waals surface area contributed by atoms with Crippen LogP contribution in [-0.4, -0.2) is 68.8 Å². The third kappa shape index (κ3) is 4.63. The molecule has 1 amide bonds. The van der Waals surface area contributed by atoms with Gasteiger partial charge in [-0.3, -0.25) is 4.79 Å². The minimum atomic E-state index is -0.909. The van der Waals surface area contributed by atoms with E-state index in [4.69, 9.17) is 23.7 Å². The fraction of sp³-hybridized carbons (Fsp3) is 0.500. The van der Waals surface area contributed by atoms with Gasteiger partial charge in [-0.1, -0.05) is 0 Å². The predicted molar refractivity (Wildman–Crippen MR) is 94.3 cm³/mol. The lowest BCUT2D eigenvalue weighted by molar-refractivity contribution is -0.0343. The molecule has 1 aromatic rings. The highest BCUT2D eigenvalue weighted by atomic mass is 16.8. The first kappa shape index (κ1) is 19.7. The van der Waals surface area contributed by atoms with E-state index >= 15 is 0 Å². The number of amides is 1. The molecule has 28 heavy (non-hydrogen) atoms. The molecule has 1 fully saturated rings. The van der Waals surface area contributed by atoms with E-state index in [0.717, 1.165) is 11.4 Å². The molecule has 1 N–H and O–H groups in total. The molecule has 3 rings (SSSR count). The van der Waals surface area contributed by atoms with Gasteiger partial charge in [0.1, 0.15) is 6.10 Å². The van der Waals surface area contributed by atoms with Crippen molar-refractivity contribution in [3.63, 3.8) is 0 Å². The Balaban J connectivity index is 1.45. The molecule has 2 heterocycles. The fourth-order valence-electron chi connectivity index (χ4n) is 2.75. The van der Waals surface area contributed by atoms with Crippen LogP contribution in [0.4, 0.5) is 9.59 Å². The van der Waals surface area contributed by atoms with Crippen LogP contribution in [0, 0.1) is 0 Å². The molecule has 0 aliphatic carbocycles. The second-order valence-electron chi connectivity index (χ2n) is 6.37. The second kappa shape index (κ2) is 8.79. The molecule has 2 aliphatic heterocycles. The Hall–Kier alpha value is -3.01. The lowest BCUT2D eigenvalue weighted by Gasteiger charge is -2.23. The van der Waals surface area contributed by atoms with Gasteiger partial charge in [0.05, 0.1) is 6.04 Å². The number of ketones is 1. The van der Waals surface area contributed by atoms with Gasteiger partial charge in [-0.25, -0.2) is 9.59 Å². The van der Waals surface area contributed by atoms with Crippen molar-refractivity contribution < 1.29 is 38.1 Å². The van der Waals surface area contributed by atoms with Gasteiger partial charge < -0.3 is 33.9 Å². The molecule has 1 saturated heterocycles. The molecule has 0 saturated carbocycles. The smallest absolute Gasteiger partial charge is 0.454 e. The van der Waals surface area contributed by atoms with Gasteiger partial charge >= 0.3 is 12.2 Å². The van der Waals surface area contributed by atoms with Gasteiger partial charge in [-0.15, -0.1) is 0 Å². The third-order valence-corrected chi connectivity index (χ3v) is 4.54. The quantitative estimate of drug-likeness (QED) is 0.436. The average Bonchev–Trinajstić information content (AvgIpc) is 3.37. The van der Waals surface area contributed by atoms with Crippen LogP contribution in [-0.2, 0) is 14.2 Å². The Morgan fingerprint density at radius 1 is 1.25 bits per heavy atom. The van der Waals surface area contributed by atoms with Gasteiger partial charge in [-0.2, -0.15) is 0 Å². The lowest BCUT2D eigenvalue weighted by Crippen LogP contribution is -2.41. The second-order valence-corrected chi connectivity index (χ2v) is 6.37. The van der Waals surface area contributed by atoms with Crippen molar-refractivity contribution in [3.8, 4) is 11.5 Å². The summed E-state index contributed by atoms with van der Waals surface area (Å²) in [6.45, 7) is 2.40. The van der Waals surface area contributed by atoms with E-state index in [2.05, 4.69) is 5.32 Å². The summed E-state index contributed by atoms with van der Waals surface area (Å²) in [5.74, 6) is 0.744. The van der Waals surface area contributed by atoms with E-state index in [1.807, 2.05) is 0 Å². The number of fused-ring (bicyclic) bond motifs is 1. The molecule has 0 bridgehead atoms. The van der Waals surface area contributed by atoms with Crippen LogP contribution in [0.1, 0.15) is 23.7 Å². The molecule has 10 nitrogen and oxygen atoms in total. The molecule has 2 aliphatic rings. The topological polar surface area (TPSA) is 113 Å². The van der Waals surface area contributed by atoms with Crippen LogP contribution in [0.25, 0.3) is 0 Å². The summed E-state index contributed by atoms with van der Waals surface area (Å²) in [4.78, 5) is 37.3. The number of ether oxygens (including phenoxy) is 5. The van der Waals surface area contributed by atoms with Crippen molar-refractivity contribution in [3.05, 3.63) is 23.8 Å². The first-order chi connectivity index (χ1) is 13.5. The predicted octanol–water partition coefficient (Wildman–Crippen LogP) is 1.53. The van der Waals surface area contributed by atoms with E-state index in [1.54, 1.807) is 25.1 Å². The van der Waals surface area contributed by atoms with E-state index in [9.17, 15) is 14.4 Å². The minimum absolute atomic E-state index is 0.106. The van der Waals surface area contributed by atoms with Gasteiger partial charge in [-0.05, 0) is 38.1 Å². The maximum absolute atomic E-state index is 12.6. The number of nitrogens with zero attached hydrogens (tertiary/aromatic N) is 1. The number of rotatable bonds is 6. The highest BCUT2D eigenvalue weighted by Crippen LogP contribution is 2.33. The monoisotopic (exact) mass is 394 g/mol. The van der Waals surface area contributed by atoms with Gasteiger partial charge in [0, 0.05) is 19.2 Å². The number of hydrogen-bond donors (Lipinski definition) is 1. The maximum atomic E-state index is 12.6. The van der Waals surface area contributed by atoms with Gasteiger partial charge in [0.15, 0.2) is 17.3 Å². The zero-order valence-corrected chi connectivity index (χ0v) is 15.6. The Morgan fingerprint density at radius 3 is 2.79 bits per heavy atom. The first-order valence-electron chi connectivity index (χ1n) is 8.83. The number of Topliss-reactive ketones (excluding diaryl/α,β-unsaturated/α-hetero) is 1. The molecule has 0 spiro atoms. The van der Waals surface area contributed by atoms with Crippen LogP contribution in [0.15, 0.2) is 18.2 Å². The molecule has 10 heteroatoms. The van der Waals surface area contributed by atoms with Crippen molar-refractivity contribution in [2.45, 2.75) is 25.5 Å². The van der Waals surface area contributed by atoms with Crippen LogP contribution in [0.5, 0.6) is 11.5 Å². The molecule has 0 radical (unpaired) electrons. The Bertz CT molecular complexity index is 747. The first-order valence-corrected chi connectivity index (χ1v) is 8.83. The highest BCUT2D eigenvalue weighted by molar-refractivity contribution is 6.01. The van der Waals surface area contributed by atoms with Crippen molar-refractivity contribution in [2.75, 3.05) is 33.7 Å². The number of carbonyl (C=O) groups is 3. The molecular weight excluding hydrogens is 372 g/mol. The maximum Gasteiger partial charge on any atom is 0.511 e. The van der Waals surface area contributed by atoms with Crippen LogP contribution in [0.3, 0.4) is 0 Å². The standard InChI is InChI=1S/C18H22N2O8/c1-11(16(21)12-3-4-14-15(7-12)25-9-24-14)20(2)17(22)26-10-27-18(23)28-13-5-6-19-8-13/h3-4,7,11,13,19H,5-6,8-10H2,1-2H3. The van der Waals surface area contributed by atoms with E-state index in [0.29, 0.717) is 30.0 Å². The highest BCUT2D eigenvalue weighted by Gasteiger charge is 2.27. The van der Waals surface area contributed by atoms with Crippen molar-refractivity contribution >= 4 is 18.0 Å². The van der Waals surface area contributed by atoms with E-state index < -0.39 is 25.1 Å². The van der Waals surface area contributed by atoms with Crippen LogP contribution < -0.4 is 14.8 Å². The number of carbonyl (C=O) groups excluding carboxylic acids is 3. The Labute approximate surface area is 161 Å². The fourth-order valence-corrected chi connectivity index (χ4v) is 2.75. The zero-order valence-electron chi connectivity index (χ0n) is 15.6. The van der Waals surface area contributed by atoms with Gasteiger partial charge in [0.25, 0.3) is 0 Å². The zero-order chi connectivity index (χ0) is 20.1. The third-order valence-electron chi connectivity index (χ3n) is 4.54. The summed E-state index contributed by atoms with van der Waals surface area (Å²) in [7, 11) is 1.42. The van der Waals surface area contributed by atoms with Gasteiger partial charge in [0.2, 0.25) is 13.6 Å². The molecule has 2 atom stereocenters. The average molecular weight is 394 g/mol. The molecular formula is C18H22N2O8. The SMILES string of the molecule is CC(C(=O)c1ccc2c(c1)OCO2)N(C)C(=O)OCOC(=O)OC1CCNC1. The number of nitrogens with one attached hydrogen (secondary N) is 1. The normalized spacial score (nSPS) is 18.3. The number of likely N-dealkylation sites (N-methyl/N-ethyl adjacent to an activating group) is 1. The summed E-state index contributed by atoms with van der Waals surface area (Å²) in [6, 6.07) is 4.00. The summed E-state index contributed by atoms with van der Waals surface area (Å²) < 4.78 is 25.1. The van der Waals surface area contributed by atoms with Crippen LogP contribution in [0.2, 0.25) is 0 Å². The largest absolute Gasteiger partial charge is 0.511 e. The summed E-state index contributed by atoms with van der Waals surface area (Å²) in [5, 5.41) is 3.05. The molecule has 152 valence electrons. The molecule has 0 aromatic heterocycles. The minimum Gasteiger partial charge on any atom is -0.454 e. The van der Waals surface area contributed by atoms with E-state index in [-0.39, 0.29) is 18.7 Å². The lowest BCUT2D eigenvalue weighted by atomic mass is 10.0. The van der Waals surface area contributed by atoms with Crippen molar-refractivity contribution in [1.82, 2.24) is 10.2 Å². The van der Waals surface area contributed by atoms with Crippen LogP contribution >= 0.6 is 0 Å². The summed E-state index contributed by atoms with van der Waals surface area (Å²) in [6.07, 6.45) is -1.26. The molecule has 2 unspecified atom stereocenters. The summed E-state index contributed by atoms with van der Waals surface area (Å²) >= 11 is 0.